The minimum atomic E-state index is -3.00. The number of hydrogen-bond donors (Lipinski definition) is 1. The van der Waals surface area contributed by atoms with Crippen LogP contribution in [0.15, 0.2) is 18.3 Å². The van der Waals surface area contributed by atoms with Crippen molar-refractivity contribution in [3.63, 3.8) is 0 Å². The number of aryl methyl sites for hydroxylation is 1. The van der Waals surface area contributed by atoms with Gasteiger partial charge in [0.15, 0.2) is 5.65 Å². The standard InChI is InChI=1S/C11H16N4O2S/c1-15-9-4-3-6-13-10(9)14-11(15)8(12)5-7-18(2,16)17/h3-4,6,8H,5,7,12H2,1-2H3. The summed E-state index contributed by atoms with van der Waals surface area (Å²) in [5.41, 5.74) is 7.51. The zero-order valence-corrected chi connectivity index (χ0v) is 11.2. The Morgan fingerprint density at radius 3 is 2.83 bits per heavy atom. The summed E-state index contributed by atoms with van der Waals surface area (Å²) < 4.78 is 24.1. The van der Waals surface area contributed by atoms with Gasteiger partial charge in [-0.2, -0.15) is 0 Å². The number of aromatic nitrogens is 3. The highest BCUT2D eigenvalue weighted by Gasteiger charge is 2.17. The molecule has 0 amide bonds. The van der Waals surface area contributed by atoms with Gasteiger partial charge in [-0.05, 0) is 18.6 Å². The Hall–Kier alpha value is -1.47. The maximum atomic E-state index is 11.1. The van der Waals surface area contributed by atoms with E-state index in [1.54, 1.807) is 6.20 Å². The van der Waals surface area contributed by atoms with Crippen LogP contribution >= 0.6 is 0 Å². The smallest absolute Gasteiger partial charge is 0.177 e. The topological polar surface area (TPSA) is 90.9 Å². The third kappa shape index (κ3) is 2.68. The zero-order valence-electron chi connectivity index (χ0n) is 10.4. The lowest BCUT2D eigenvalue weighted by Gasteiger charge is -2.10. The van der Waals surface area contributed by atoms with Crippen LogP contribution in [0.3, 0.4) is 0 Å². The first-order valence-corrected chi connectivity index (χ1v) is 7.65. The lowest BCUT2D eigenvalue weighted by molar-refractivity contribution is 0.581. The normalized spacial score (nSPS) is 13.9. The Morgan fingerprint density at radius 2 is 2.22 bits per heavy atom. The van der Waals surface area contributed by atoms with Crippen molar-refractivity contribution in [3.05, 3.63) is 24.2 Å². The number of rotatable bonds is 4. The summed E-state index contributed by atoms with van der Waals surface area (Å²) in [5, 5.41) is 0. The maximum Gasteiger partial charge on any atom is 0.177 e. The molecule has 0 radical (unpaired) electrons. The van der Waals surface area contributed by atoms with E-state index in [1.165, 1.54) is 6.26 Å². The number of imidazole rings is 1. The minimum Gasteiger partial charge on any atom is -0.328 e. The number of hydrogen-bond acceptors (Lipinski definition) is 5. The highest BCUT2D eigenvalue weighted by molar-refractivity contribution is 7.90. The zero-order chi connectivity index (χ0) is 13.3. The van der Waals surface area contributed by atoms with Crippen molar-refractivity contribution in [2.45, 2.75) is 12.5 Å². The molecule has 6 nitrogen and oxygen atoms in total. The molecule has 18 heavy (non-hydrogen) atoms. The van der Waals surface area contributed by atoms with Crippen molar-refractivity contribution in [1.29, 1.82) is 0 Å². The van der Waals surface area contributed by atoms with E-state index < -0.39 is 15.9 Å². The summed E-state index contributed by atoms with van der Waals surface area (Å²) in [6.07, 6.45) is 3.23. The van der Waals surface area contributed by atoms with Crippen molar-refractivity contribution >= 4 is 21.0 Å². The molecule has 0 bridgehead atoms. The molecule has 98 valence electrons. The SMILES string of the molecule is Cn1c(C(N)CCS(C)(=O)=O)nc2ncccc21. The maximum absolute atomic E-state index is 11.1. The molecule has 2 aromatic rings. The van der Waals surface area contributed by atoms with Gasteiger partial charge in [0.1, 0.15) is 15.7 Å². The predicted octanol–water partition coefficient (Wildman–Crippen LogP) is 0.403. The molecule has 0 aliphatic heterocycles. The fourth-order valence-electron chi connectivity index (χ4n) is 1.85. The lowest BCUT2D eigenvalue weighted by atomic mass is 10.2. The van der Waals surface area contributed by atoms with Crippen LogP contribution in [0.5, 0.6) is 0 Å². The first kappa shape index (κ1) is 13.0. The van der Waals surface area contributed by atoms with Crippen LogP contribution in [0.1, 0.15) is 18.3 Å². The molecule has 0 aromatic carbocycles. The van der Waals surface area contributed by atoms with E-state index in [-0.39, 0.29) is 5.75 Å². The monoisotopic (exact) mass is 268 g/mol. The van der Waals surface area contributed by atoms with Crippen molar-refractivity contribution in [2.75, 3.05) is 12.0 Å². The van der Waals surface area contributed by atoms with Crippen LogP contribution in [0.4, 0.5) is 0 Å². The van der Waals surface area contributed by atoms with E-state index in [2.05, 4.69) is 9.97 Å². The quantitative estimate of drug-likeness (QED) is 0.867. The summed E-state index contributed by atoms with van der Waals surface area (Å²) in [6, 6.07) is 3.33. The first-order chi connectivity index (χ1) is 8.38. The Balaban J connectivity index is 2.28. The fraction of sp³-hybridized carbons (Fsp3) is 0.455. The second-order valence-electron chi connectivity index (χ2n) is 4.40. The third-order valence-electron chi connectivity index (χ3n) is 2.82. The predicted molar refractivity (Wildman–Crippen MR) is 69.8 cm³/mol. The Bertz CT molecular complexity index is 663. The largest absolute Gasteiger partial charge is 0.328 e. The van der Waals surface area contributed by atoms with Crippen LogP contribution in [0.2, 0.25) is 0 Å². The molecule has 2 N–H and O–H groups in total. The van der Waals surface area contributed by atoms with Gasteiger partial charge in [-0.15, -0.1) is 0 Å². The van der Waals surface area contributed by atoms with Gasteiger partial charge >= 0.3 is 0 Å². The minimum absolute atomic E-state index is 0.0603. The van der Waals surface area contributed by atoms with Crippen LogP contribution in [-0.4, -0.2) is 35.0 Å². The molecule has 0 aliphatic rings. The second-order valence-corrected chi connectivity index (χ2v) is 6.66. The summed E-state index contributed by atoms with van der Waals surface area (Å²) >= 11 is 0. The van der Waals surface area contributed by atoms with E-state index >= 15 is 0 Å². The van der Waals surface area contributed by atoms with Gasteiger partial charge in [-0.1, -0.05) is 0 Å². The fourth-order valence-corrected chi connectivity index (χ4v) is 2.53. The number of fused-ring (bicyclic) bond motifs is 1. The van der Waals surface area contributed by atoms with Crippen LogP contribution in [0.25, 0.3) is 11.2 Å². The molecule has 1 unspecified atom stereocenters. The van der Waals surface area contributed by atoms with Gasteiger partial charge in [0.25, 0.3) is 0 Å². The van der Waals surface area contributed by atoms with Gasteiger partial charge in [0.05, 0.1) is 17.3 Å². The van der Waals surface area contributed by atoms with Gasteiger partial charge in [0, 0.05) is 19.5 Å². The average molecular weight is 268 g/mol. The Kier molecular flexibility index (Phi) is 3.36. The molecule has 0 spiro atoms. The van der Waals surface area contributed by atoms with E-state index in [0.29, 0.717) is 17.9 Å². The summed E-state index contributed by atoms with van der Waals surface area (Å²) in [4.78, 5) is 8.49. The van der Waals surface area contributed by atoms with Gasteiger partial charge in [0.2, 0.25) is 0 Å². The van der Waals surface area contributed by atoms with Gasteiger partial charge in [-0.25, -0.2) is 18.4 Å². The van der Waals surface area contributed by atoms with E-state index in [1.807, 2.05) is 23.7 Å². The molecule has 0 saturated carbocycles. The number of nitrogens with two attached hydrogens (primary N) is 1. The highest BCUT2D eigenvalue weighted by atomic mass is 32.2. The van der Waals surface area contributed by atoms with Crippen LogP contribution in [-0.2, 0) is 16.9 Å². The Morgan fingerprint density at radius 1 is 1.50 bits per heavy atom. The van der Waals surface area contributed by atoms with Crippen molar-refractivity contribution in [1.82, 2.24) is 14.5 Å². The first-order valence-electron chi connectivity index (χ1n) is 5.59. The van der Waals surface area contributed by atoms with Gasteiger partial charge in [-0.3, -0.25) is 0 Å². The highest BCUT2D eigenvalue weighted by Crippen LogP contribution is 2.18. The third-order valence-corrected chi connectivity index (χ3v) is 3.80. The summed E-state index contributed by atoms with van der Waals surface area (Å²) in [5.74, 6) is 0.720. The Labute approximate surface area is 106 Å². The van der Waals surface area contributed by atoms with E-state index in [4.69, 9.17) is 5.73 Å². The van der Waals surface area contributed by atoms with Crippen LogP contribution in [0, 0.1) is 0 Å². The molecular formula is C11H16N4O2S. The van der Waals surface area contributed by atoms with Crippen molar-refractivity contribution in [2.24, 2.45) is 12.8 Å². The van der Waals surface area contributed by atoms with Crippen LogP contribution < -0.4 is 5.73 Å². The molecule has 7 heteroatoms. The molecule has 2 aromatic heterocycles. The number of sulfone groups is 1. The molecule has 0 fully saturated rings. The molecular weight excluding hydrogens is 252 g/mol. The van der Waals surface area contributed by atoms with Crippen molar-refractivity contribution in [3.8, 4) is 0 Å². The van der Waals surface area contributed by atoms with Gasteiger partial charge < -0.3 is 10.3 Å². The molecule has 0 aliphatic carbocycles. The molecule has 2 rings (SSSR count). The molecule has 0 saturated heterocycles. The number of nitrogens with zero attached hydrogens (tertiary/aromatic N) is 3. The summed E-state index contributed by atoms with van der Waals surface area (Å²) in [7, 11) is -1.15. The average Bonchev–Trinajstić information content (AvgIpc) is 2.64. The second kappa shape index (κ2) is 4.66. The summed E-state index contributed by atoms with van der Waals surface area (Å²) in [6.45, 7) is 0. The molecule has 1 atom stereocenters. The van der Waals surface area contributed by atoms with E-state index in [0.717, 1.165) is 5.52 Å². The van der Waals surface area contributed by atoms with Crippen molar-refractivity contribution < 1.29 is 8.42 Å². The lowest BCUT2D eigenvalue weighted by Crippen LogP contribution is -2.19. The van der Waals surface area contributed by atoms with E-state index in [9.17, 15) is 8.42 Å². The number of pyridine rings is 1. The molecule has 2 heterocycles.